The Bertz CT molecular complexity index is 1140. The zero-order chi connectivity index (χ0) is 22.8. The van der Waals surface area contributed by atoms with Gasteiger partial charge in [-0.25, -0.2) is 9.18 Å². The molecule has 0 aliphatic heterocycles. The fourth-order valence-electron chi connectivity index (χ4n) is 2.96. The van der Waals surface area contributed by atoms with Crippen molar-refractivity contribution < 1.29 is 19.1 Å². The summed E-state index contributed by atoms with van der Waals surface area (Å²) in [6, 6.07) is 11.3. The van der Waals surface area contributed by atoms with Gasteiger partial charge in [0.2, 0.25) is 0 Å². The summed E-state index contributed by atoms with van der Waals surface area (Å²) < 4.78 is 14.0. The van der Waals surface area contributed by atoms with Crippen molar-refractivity contribution in [2.45, 2.75) is 9.93 Å². The number of thiocarbonyl (C=S) groups is 1. The predicted octanol–water partition coefficient (Wildman–Crippen LogP) is 3.93. The lowest BCUT2D eigenvalue weighted by atomic mass is 9.88. The molecule has 6 nitrogen and oxygen atoms in total. The third-order valence-corrected chi connectivity index (χ3v) is 6.16. The van der Waals surface area contributed by atoms with Crippen LogP contribution in [0.25, 0.3) is 5.57 Å². The minimum atomic E-state index is -2.16. The SMILES string of the molecule is NC(=O)NC(=S)C1(Cl)C=C(c2ccccc2NC(=O)c2ccccc2F)C=CC1(O)Cl. The van der Waals surface area contributed by atoms with E-state index in [0.717, 1.165) is 0 Å². The number of nitrogens with one attached hydrogen (secondary N) is 2. The highest BCUT2D eigenvalue weighted by Gasteiger charge is 2.51. The topological polar surface area (TPSA) is 104 Å². The first-order valence-corrected chi connectivity index (χ1v) is 10.00. The Balaban J connectivity index is 2.01. The number of carbonyl (C=O) groups excluding carboxylic acids is 2. The van der Waals surface area contributed by atoms with Crippen molar-refractivity contribution in [2.24, 2.45) is 5.73 Å². The number of urea groups is 1. The molecule has 0 heterocycles. The van der Waals surface area contributed by atoms with Crippen LogP contribution in [-0.2, 0) is 0 Å². The summed E-state index contributed by atoms with van der Waals surface area (Å²) in [4.78, 5) is 21.6. The van der Waals surface area contributed by atoms with Gasteiger partial charge in [0.25, 0.3) is 5.91 Å². The number of nitrogens with two attached hydrogens (primary N) is 1. The number of alkyl halides is 2. The van der Waals surface area contributed by atoms with E-state index in [2.05, 4.69) is 10.6 Å². The molecule has 3 amide bonds. The summed E-state index contributed by atoms with van der Waals surface area (Å²) in [7, 11) is 0. The number of aliphatic hydroxyl groups is 1. The lowest BCUT2D eigenvalue weighted by Crippen LogP contribution is -2.56. The van der Waals surface area contributed by atoms with E-state index in [-0.39, 0.29) is 10.6 Å². The molecule has 3 rings (SSSR count). The second kappa shape index (κ2) is 8.76. The zero-order valence-electron chi connectivity index (χ0n) is 15.7. The Morgan fingerprint density at radius 2 is 1.74 bits per heavy atom. The maximum Gasteiger partial charge on any atom is 0.317 e. The Morgan fingerprint density at radius 1 is 1.10 bits per heavy atom. The number of hydrogen-bond acceptors (Lipinski definition) is 4. The molecule has 2 unspecified atom stereocenters. The molecule has 1 aliphatic carbocycles. The zero-order valence-corrected chi connectivity index (χ0v) is 18.1. The molecule has 0 saturated heterocycles. The summed E-state index contributed by atoms with van der Waals surface area (Å²) in [5.74, 6) is -1.31. The monoisotopic (exact) mass is 479 g/mol. The average Bonchev–Trinajstić information content (AvgIpc) is 2.70. The summed E-state index contributed by atoms with van der Waals surface area (Å²) in [5.41, 5.74) is 6.24. The molecule has 0 spiro atoms. The van der Waals surface area contributed by atoms with E-state index >= 15 is 0 Å². The van der Waals surface area contributed by atoms with Crippen LogP contribution in [0.4, 0.5) is 14.9 Å². The number of allylic oxidation sites excluding steroid dienone is 2. The second-order valence-electron chi connectivity index (χ2n) is 6.62. The van der Waals surface area contributed by atoms with Crippen LogP contribution in [-0.4, -0.2) is 32.0 Å². The number of anilines is 1. The molecular weight excluding hydrogens is 464 g/mol. The van der Waals surface area contributed by atoms with Crippen molar-refractivity contribution >= 4 is 63.6 Å². The molecule has 0 fully saturated rings. The first-order valence-electron chi connectivity index (χ1n) is 8.83. The van der Waals surface area contributed by atoms with Crippen LogP contribution >= 0.6 is 35.4 Å². The van der Waals surface area contributed by atoms with Crippen LogP contribution in [0.5, 0.6) is 0 Å². The summed E-state index contributed by atoms with van der Waals surface area (Å²) in [6.07, 6.45) is 4.02. The lowest BCUT2D eigenvalue weighted by Gasteiger charge is -2.37. The van der Waals surface area contributed by atoms with Gasteiger partial charge in [-0.15, -0.1) is 11.6 Å². The maximum atomic E-state index is 14.0. The Kier molecular flexibility index (Phi) is 6.47. The van der Waals surface area contributed by atoms with Crippen molar-refractivity contribution in [3.05, 3.63) is 83.7 Å². The van der Waals surface area contributed by atoms with Crippen molar-refractivity contribution in [2.75, 3.05) is 5.32 Å². The minimum absolute atomic E-state index is 0.126. The number of hydrogen-bond donors (Lipinski definition) is 4. The van der Waals surface area contributed by atoms with Crippen molar-refractivity contribution in [3.8, 4) is 0 Å². The molecule has 2 atom stereocenters. The summed E-state index contributed by atoms with van der Waals surface area (Å²) in [5, 5.41) is 13.2. The van der Waals surface area contributed by atoms with Gasteiger partial charge in [0, 0.05) is 11.3 Å². The number of rotatable bonds is 4. The van der Waals surface area contributed by atoms with E-state index < -0.39 is 27.7 Å². The van der Waals surface area contributed by atoms with Crippen LogP contribution < -0.4 is 16.4 Å². The van der Waals surface area contributed by atoms with E-state index in [9.17, 15) is 19.1 Å². The molecule has 10 heteroatoms. The quantitative estimate of drug-likeness (QED) is 0.393. The van der Waals surface area contributed by atoms with Gasteiger partial charge in [0.15, 0.2) is 9.93 Å². The van der Waals surface area contributed by atoms with Gasteiger partial charge < -0.3 is 21.5 Å². The molecular formula is C21H16Cl2FN3O3S. The smallest absolute Gasteiger partial charge is 0.317 e. The first kappa shape index (κ1) is 22.9. The van der Waals surface area contributed by atoms with Crippen LogP contribution in [0.15, 0.2) is 66.8 Å². The van der Waals surface area contributed by atoms with Crippen LogP contribution in [0.3, 0.4) is 0 Å². The van der Waals surface area contributed by atoms with Gasteiger partial charge in [0.1, 0.15) is 10.8 Å². The van der Waals surface area contributed by atoms with Crippen LogP contribution in [0.2, 0.25) is 0 Å². The molecule has 1 aliphatic rings. The molecule has 0 bridgehead atoms. The standard InChI is InChI=1S/C21H16Cl2FN3O3S/c22-20(18(31)27-19(25)29)11-12(9-10-21(20,23)30)13-5-2-4-8-16(13)26-17(28)14-6-1-3-7-15(14)24/h1-11,30H,(H,26,28)(H3,25,27,29,31). The number of carbonyl (C=O) groups is 2. The first-order chi connectivity index (χ1) is 14.5. The van der Waals surface area contributed by atoms with Crippen molar-refractivity contribution in [1.82, 2.24) is 5.32 Å². The summed E-state index contributed by atoms with van der Waals surface area (Å²) in [6.45, 7) is 0. The van der Waals surface area contributed by atoms with Gasteiger partial charge in [0.05, 0.1) is 5.56 Å². The van der Waals surface area contributed by atoms with E-state index in [1.165, 1.54) is 36.4 Å². The molecule has 0 saturated carbocycles. The average molecular weight is 480 g/mol. The number of halogens is 3. The molecule has 2 aromatic rings. The maximum absolute atomic E-state index is 14.0. The number of amides is 3. The number of para-hydroxylation sites is 1. The number of benzene rings is 2. The molecule has 5 N–H and O–H groups in total. The Labute approximate surface area is 192 Å². The third kappa shape index (κ3) is 4.62. The third-order valence-electron chi connectivity index (χ3n) is 4.52. The second-order valence-corrected chi connectivity index (χ2v) is 8.20. The van der Waals surface area contributed by atoms with Gasteiger partial charge >= 0.3 is 6.03 Å². The van der Waals surface area contributed by atoms with E-state index in [4.69, 9.17) is 41.2 Å². The van der Waals surface area contributed by atoms with Crippen LogP contribution in [0.1, 0.15) is 15.9 Å². The van der Waals surface area contributed by atoms with Gasteiger partial charge in [-0.1, -0.05) is 60.2 Å². The molecule has 160 valence electrons. The molecule has 2 aromatic carbocycles. The summed E-state index contributed by atoms with van der Waals surface area (Å²) >= 11 is 17.8. The molecule has 31 heavy (non-hydrogen) atoms. The predicted molar refractivity (Wildman–Crippen MR) is 123 cm³/mol. The van der Waals surface area contributed by atoms with Crippen molar-refractivity contribution in [3.63, 3.8) is 0 Å². The molecule has 0 radical (unpaired) electrons. The fraction of sp³-hybridized carbons (Fsp3) is 0.0952. The Hall–Kier alpha value is -2.78. The normalized spacial score (nSPS) is 22.4. The van der Waals surface area contributed by atoms with E-state index in [1.54, 1.807) is 30.3 Å². The Morgan fingerprint density at radius 3 is 2.42 bits per heavy atom. The van der Waals surface area contributed by atoms with Crippen molar-refractivity contribution in [1.29, 1.82) is 0 Å². The highest BCUT2D eigenvalue weighted by Crippen LogP contribution is 2.43. The van der Waals surface area contributed by atoms with Gasteiger partial charge in [-0.05, 0) is 35.9 Å². The number of primary amides is 1. The minimum Gasteiger partial charge on any atom is -0.369 e. The van der Waals surface area contributed by atoms with E-state index in [0.29, 0.717) is 16.8 Å². The lowest BCUT2D eigenvalue weighted by molar-refractivity contribution is 0.102. The fourth-order valence-corrected chi connectivity index (χ4v) is 3.77. The van der Waals surface area contributed by atoms with Crippen LogP contribution in [0, 0.1) is 5.82 Å². The molecule has 0 aromatic heterocycles. The highest BCUT2D eigenvalue weighted by molar-refractivity contribution is 7.80. The largest absolute Gasteiger partial charge is 0.369 e. The van der Waals surface area contributed by atoms with Gasteiger partial charge in [-0.3, -0.25) is 4.79 Å². The van der Waals surface area contributed by atoms with E-state index in [1.807, 2.05) is 0 Å². The van der Waals surface area contributed by atoms with Gasteiger partial charge in [-0.2, -0.15) is 0 Å². The highest BCUT2D eigenvalue weighted by atomic mass is 35.5.